The average molecular weight is 278 g/mol. The fraction of sp³-hybridized carbons (Fsp3) is 0.357. The highest BCUT2D eigenvalue weighted by Crippen LogP contribution is 2.26. The molecule has 0 saturated heterocycles. The molecule has 1 heterocycles. The first-order valence-electron chi connectivity index (χ1n) is 6.52. The molecule has 3 N–H and O–H groups in total. The molecule has 1 unspecified atom stereocenters. The largest absolute Gasteiger partial charge is 0.497 e. The molecule has 0 aliphatic rings. The number of nitrogens with zero attached hydrogens (tertiary/aromatic N) is 2. The Kier molecular flexibility index (Phi) is 4.70. The van der Waals surface area contributed by atoms with E-state index in [0.29, 0.717) is 11.3 Å². The van der Waals surface area contributed by atoms with E-state index in [4.69, 9.17) is 10.6 Å². The van der Waals surface area contributed by atoms with Crippen molar-refractivity contribution in [2.24, 2.45) is 5.84 Å². The van der Waals surface area contributed by atoms with Gasteiger partial charge in [-0.05, 0) is 18.6 Å². The van der Waals surface area contributed by atoms with E-state index in [1.54, 1.807) is 18.3 Å². The maximum Gasteiger partial charge on any atom is 0.132 e. The second kappa shape index (κ2) is 6.49. The van der Waals surface area contributed by atoms with Crippen molar-refractivity contribution in [2.45, 2.75) is 25.9 Å². The Morgan fingerprint density at radius 3 is 2.85 bits per heavy atom. The molecular formula is C14H19FN4O. The molecule has 0 radical (unpaired) electrons. The molecule has 108 valence electrons. The summed E-state index contributed by atoms with van der Waals surface area (Å²) in [4.78, 5) is 0. The lowest BCUT2D eigenvalue weighted by Gasteiger charge is -2.19. The van der Waals surface area contributed by atoms with Gasteiger partial charge in [-0.15, -0.1) is 0 Å². The number of benzene rings is 1. The third-order valence-electron chi connectivity index (χ3n) is 3.17. The smallest absolute Gasteiger partial charge is 0.132 e. The van der Waals surface area contributed by atoms with Crippen molar-refractivity contribution in [1.82, 2.24) is 15.2 Å². The van der Waals surface area contributed by atoms with Crippen LogP contribution in [0.4, 0.5) is 4.39 Å². The number of hydrogen-bond acceptors (Lipinski definition) is 4. The number of rotatable bonds is 6. The quantitative estimate of drug-likeness (QED) is 0.626. The van der Waals surface area contributed by atoms with Gasteiger partial charge in [0.25, 0.3) is 0 Å². The minimum Gasteiger partial charge on any atom is -0.497 e. The monoisotopic (exact) mass is 278 g/mol. The third kappa shape index (κ3) is 2.81. The third-order valence-corrected chi connectivity index (χ3v) is 3.17. The minimum absolute atomic E-state index is 0.364. The van der Waals surface area contributed by atoms with Crippen molar-refractivity contribution in [3.8, 4) is 5.75 Å². The van der Waals surface area contributed by atoms with E-state index >= 15 is 0 Å². The number of methoxy groups -OCH3 is 1. The number of nitrogens with two attached hydrogens (primary N) is 1. The summed E-state index contributed by atoms with van der Waals surface area (Å²) in [5.41, 5.74) is 3.95. The average Bonchev–Trinajstić information content (AvgIpc) is 2.90. The van der Waals surface area contributed by atoms with Crippen LogP contribution < -0.4 is 16.0 Å². The molecule has 0 fully saturated rings. The summed E-state index contributed by atoms with van der Waals surface area (Å²) in [6.07, 6.45) is 2.63. The van der Waals surface area contributed by atoms with Crippen LogP contribution in [0.3, 0.4) is 0 Å². The van der Waals surface area contributed by atoms with Crippen molar-refractivity contribution in [3.63, 3.8) is 0 Å². The van der Waals surface area contributed by atoms with E-state index in [-0.39, 0.29) is 5.82 Å². The highest BCUT2D eigenvalue weighted by Gasteiger charge is 2.20. The maximum atomic E-state index is 14.2. The lowest BCUT2D eigenvalue weighted by Crippen LogP contribution is -2.31. The molecule has 2 aromatic rings. The summed E-state index contributed by atoms with van der Waals surface area (Å²) in [5, 5.41) is 4.24. The molecule has 1 aromatic carbocycles. The molecule has 5 nitrogen and oxygen atoms in total. The van der Waals surface area contributed by atoms with Crippen LogP contribution in [0.5, 0.6) is 5.75 Å². The molecule has 20 heavy (non-hydrogen) atoms. The number of ether oxygens (including phenoxy) is 1. The number of aryl methyl sites for hydroxylation is 1. The van der Waals surface area contributed by atoms with Crippen molar-refractivity contribution in [1.29, 1.82) is 0 Å². The van der Waals surface area contributed by atoms with Crippen LogP contribution in [0.2, 0.25) is 0 Å². The highest BCUT2D eigenvalue weighted by molar-refractivity contribution is 5.34. The normalized spacial score (nSPS) is 12.4. The Morgan fingerprint density at radius 2 is 2.25 bits per heavy atom. The van der Waals surface area contributed by atoms with Crippen LogP contribution in [-0.4, -0.2) is 16.9 Å². The predicted molar refractivity (Wildman–Crippen MR) is 74.6 cm³/mol. The summed E-state index contributed by atoms with van der Waals surface area (Å²) in [7, 11) is 1.50. The fourth-order valence-electron chi connectivity index (χ4n) is 2.19. The number of aromatic nitrogens is 2. The van der Waals surface area contributed by atoms with Crippen molar-refractivity contribution >= 4 is 0 Å². The van der Waals surface area contributed by atoms with Gasteiger partial charge >= 0.3 is 0 Å². The van der Waals surface area contributed by atoms with Gasteiger partial charge in [-0.2, -0.15) is 5.10 Å². The topological polar surface area (TPSA) is 65.1 Å². The molecule has 0 aliphatic carbocycles. The molecule has 0 bridgehead atoms. The van der Waals surface area contributed by atoms with Crippen LogP contribution in [0.1, 0.15) is 30.6 Å². The predicted octanol–water partition coefficient (Wildman–Crippen LogP) is 1.99. The molecule has 0 aliphatic heterocycles. The molecule has 0 amide bonds. The van der Waals surface area contributed by atoms with Gasteiger partial charge in [0.15, 0.2) is 0 Å². The van der Waals surface area contributed by atoms with Crippen LogP contribution in [0.25, 0.3) is 0 Å². The van der Waals surface area contributed by atoms with Crippen LogP contribution >= 0.6 is 0 Å². The standard InChI is InChI=1S/C14H19FN4O/c1-3-8-19-13(6-7-17-19)14(18-16)11-5-4-10(20-2)9-12(11)15/h4-7,9,14,18H,3,8,16H2,1-2H3. The summed E-state index contributed by atoms with van der Waals surface area (Å²) < 4.78 is 21.0. The van der Waals surface area contributed by atoms with Gasteiger partial charge < -0.3 is 4.74 Å². The molecular weight excluding hydrogens is 259 g/mol. The van der Waals surface area contributed by atoms with E-state index in [1.807, 2.05) is 10.7 Å². The van der Waals surface area contributed by atoms with Gasteiger partial charge in [-0.25, -0.2) is 9.82 Å². The number of hydrogen-bond donors (Lipinski definition) is 2. The molecule has 1 aromatic heterocycles. The number of hydrazine groups is 1. The van der Waals surface area contributed by atoms with Gasteiger partial charge in [0.1, 0.15) is 11.6 Å². The van der Waals surface area contributed by atoms with Crippen LogP contribution in [-0.2, 0) is 6.54 Å². The first kappa shape index (κ1) is 14.5. The zero-order chi connectivity index (χ0) is 14.5. The van der Waals surface area contributed by atoms with Crippen LogP contribution in [0, 0.1) is 5.82 Å². The van der Waals surface area contributed by atoms with E-state index in [2.05, 4.69) is 17.4 Å². The zero-order valence-electron chi connectivity index (χ0n) is 11.6. The summed E-state index contributed by atoms with van der Waals surface area (Å²) >= 11 is 0. The number of nitrogens with one attached hydrogen (secondary N) is 1. The molecule has 0 spiro atoms. The minimum atomic E-state index is -0.449. The second-order valence-corrected chi connectivity index (χ2v) is 4.47. The fourth-order valence-corrected chi connectivity index (χ4v) is 2.19. The lowest BCUT2D eigenvalue weighted by molar-refractivity contribution is 0.409. The second-order valence-electron chi connectivity index (χ2n) is 4.47. The molecule has 0 saturated carbocycles. The summed E-state index contributed by atoms with van der Waals surface area (Å²) in [6, 6.07) is 6.12. The Balaban J connectivity index is 2.39. The van der Waals surface area contributed by atoms with E-state index in [9.17, 15) is 4.39 Å². The summed E-state index contributed by atoms with van der Waals surface area (Å²) in [6.45, 7) is 2.82. The Morgan fingerprint density at radius 1 is 1.45 bits per heavy atom. The van der Waals surface area contributed by atoms with Gasteiger partial charge in [0.2, 0.25) is 0 Å². The Labute approximate surface area is 117 Å². The highest BCUT2D eigenvalue weighted by atomic mass is 19.1. The van der Waals surface area contributed by atoms with Gasteiger partial charge in [-0.1, -0.05) is 13.0 Å². The van der Waals surface area contributed by atoms with E-state index in [0.717, 1.165) is 18.7 Å². The molecule has 6 heteroatoms. The SMILES string of the molecule is CCCn1nccc1C(NN)c1ccc(OC)cc1F. The van der Waals surface area contributed by atoms with Crippen LogP contribution in [0.15, 0.2) is 30.5 Å². The molecule has 2 rings (SSSR count). The first-order chi connectivity index (χ1) is 9.71. The van der Waals surface area contributed by atoms with Gasteiger partial charge in [0, 0.05) is 24.4 Å². The van der Waals surface area contributed by atoms with Crippen molar-refractivity contribution in [3.05, 3.63) is 47.5 Å². The Bertz CT molecular complexity index is 570. The molecule has 1 atom stereocenters. The van der Waals surface area contributed by atoms with Gasteiger partial charge in [-0.3, -0.25) is 10.5 Å². The van der Waals surface area contributed by atoms with E-state index in [1.165, 1.54) is 13.2 Å². The van der Waals surface area contributed by atoms with Crippen molar-refractivity contribution in [2.75, 3.05) is 7.11 Å². The Hall–Kier alpha value is -1.92. The van der Waals surface area contributed by atoms with Gasteiger partial charge in [0.05, 0.1) is 18.8 Å². The lowest BCUT2D eigenvalue weighted by atomic mass is 10.0. The number of halogens is 1. The zero-order valence-corrected chi connectivity index (χ0v) is 11.6. The maximum absolute atomic E-state index is 14.2. The van der Waals surface area contributed by atoms with E-state index < -0.39 is 6.04 Å². The summed E-state index contributed by atoms with van der Waals surface area (Å²) in [5.74, 6) is 5.72. The van der Waals surface area contributed by atoms with Crippen molar-refractivity contribution < 1.29 is 9.13 Å². The first-order valence-corrected chi connectivity index (χ1v) is 6.52.